The summed E-state index contributed by atoms with van der Waals surface area (Å²) >= 11 is 5.94. The van der Waals surface area contributed by atoms with Crippen LogP contribution in [0.1, 0.15) is 5.56 Å². The monoisotopic (exact) mass is 359 g/mol. The van der Waals surface area contributed by atoms with Crippen LogP contribution < -0.4 is 5.32 Å². The van der Waals surface area contributed by atoms with Crippen LogP contribution in [0.15, 0.2) is 27.0 Å². The minimum Gasteiger partial charge on any atom is -0.481 e. The molecule has 100 valence electrons. The lowest BCUT2D eigenvalue weighted by Gasteiger charge is -2.04. The molecule has 0 aliphatic rings. The number of aromatic nitrogens is 2. The van der Waals surface area contributed by atoms with E-state index in [0.29, 0.717) is 9.47 Å². The molecule has 0 bridgehead atoms. The van der Waals surface area contributed by atoms with Gasteiger partial charge in [-0.1, -0.05) is 39.0 Å². The summed E-state index contributed by atoms with van der Waals surface area (Å²) in [6.45, 7) is 2.00. The smallest absolute Gasteiger partial charge is 0.313 e. The van der Waals surface area contributed by atoms with E-state index in [-0.39, 0.29) is 5.75 Å². The number of hydrogen-bond donors (Lipinski definition) is 2. The van der Waals surface area contributed by atoms with Gasteiger partial charge in [0.05, 0.1) is 5.75 Å². The van der Waals surface area contributed by atoms with E-state index in [4.69, 9.17) is 5.11 Å². The molecule has 0 saturated heterocycles. The molecule has 5 nitrogen and oxygen atoms in total. The highest BCUT2D eigenvalue weighted by atomic mass is 79.9. The highest BCUT2D eigenvalue weighted by molar-refractivity contribution is 9.10. The molecule has 1 heterocycles. The van der Waals surface area contributed by atoms with Crippen LogP contribution in [-0.2, 0) is 4.79 Å². The SMILES string of the molecule is Cc1cc(Nc2nnc(SCC(=O)O)s2)ccc1Br. The number of hydrogen-bond acceptors (Lipinski definition) is 6. The lowest BCUT2D eigenvalue weighted by Crippen LogP contribution is -1.96. The summed E-state index contributed by atoms with van der Waals surface area (Å²) < 4.78 is 1.69. The Bertz CT molecular complexity index is 603. The number of benzene rings is 1. The van der Waals surface area contributed by atoms with Crippen LogP contribution in [0.5, 0.6) is 0 Å². The second-order valence-electron chi connectivity index (χ2n) is 3.64. The average Bonchev–Trinajstić information content (AvgIpc) is 2.79. The number of rotatable bonds is 5. The van der Waals surface area contributed by atoms with Crippen molar-refractivity contribution < 1.29 is 9.90 Å². The van der Waals surface area contributed by atoms with Crippen molar-refractivity contribution in [2.24, 2.45) is 0 Å². The van der Waals surface area contributed by atoms with Crippen molar-refractivity contribution in [3.05, 3.63) is 28.2 Å². The molecule has 0 spiro atoms. The molecule has 19 heavy (non-hydrogen) atoms. The van der Waals surface area contributed by atoms with Gasteiger partial charge in [-0.05, 0) is 30.7 Å². The lowest BCUT2D eigenvalue weighted by molar-refractivity contribution is -0.133. The minimum atomic E-state index is -0.863. The summed E-state index contributed by atoms with van der Waals surface area (Å²) in [5, 5.41) is 20.3. The van der Waals surface area contributed by atoms with Crippen molar-refractivity contribution in [3.8, 4) is 0 Å². The number of carboxylic acids is 1. The molecule has 0 saturated carbocycles. The Hall–Kier alpha value is -1.12. The van der Waals surface area contributed by atoms with Gasteiger partial charge in [0.2, 0.25) is 5.13 Å². The van der Waals surface area contributed by atoms with Crippen molar-refractivity contribution in [2.75, 3.05) is 11.1 Å². The van der Waals surface area contributed by atoms with Crippen LogP contribution in [0, 0.1) is 6.92 Å². The van der Waals surface area contributed by atoms with Gasteiger partial charge in [-0.25, -0.2) is 0 Å². The summed E-state index contributed by atoms with van der Waals surface area (Å²) in [5.74, 6) is -0.871. The van der Waals surface area contributed by atoms with Crippen molar-refractivity contribution in [1.82, 2.24) is 10.2 Å². The molecule has 0 amide bonds. The van der Waals surface area contributed by atoms with Crippen LogP contribution in [-0.4, -0.2) is 27.0 Å². The number of halogens is 1. The molecule has 0 fully saturated rings. The van der Waals surface area contributed by atoms with E-state index in [0.717, 1.165) is 27.5 Å². The van der Waals surface area contributed by atoms with Gasteiger partial charge in [0, 0.05) is 10.2 Å². The van der Waals surface area contributed by atoms with E-state index in [9.17, 15) is 4.79 Å². The number of thioether (sulfide) groups is 1. The van der Waals surface area contributed by atoms with Crippen molar-refractivity contribution in [3.63, 3.8) is 0 Å². The molecule has 0 aliphatic heterocycles. The van der Waals surface area contributed by atoms with Crippen molar-refractivity contribution in [2.45, 2.75) is 11.3 Å². The van der Waals surface area contributed by atoms with Crippen LogP contribution in [0.3, 0.4) is 0 Å². The van der Waals surface area contributed by atoms with E-state index in [1.807, 2.05) is 25.1 Å². The summed E-state index contributed by atoms with van der Waals surface area (Å²) in [7, 11) is 0. The van der Waals surface area contributed by atoms with Crippen LogP contribution in [0.25, 0.3) is 0 Å². The van der Waals surface area contributed by atoms with E-state index in [1.54, 1.807) is 0 Å². The topological polar surface area (TPSA) is 75.1 Å². The molecule has 1 aromatic heterocycles. The third kappa shape index (κ3) is 4.19. The quantitative estimate of drug-likeness (QED) is 0.795. The van der Waals surface area contributed by atoms with Gasteiger partial charge in [-0.15, -0.1) is 10.2 Å². The zero-order valence-corrected chi connectivity index (χ0v) is 13.1. The maximum Gasteiger partial charge on any atom is 0.313 e. The first-order chi connectivity index (χ1) is 9.04. The number of carbonyl (C=O) groups is 1. The van der Waals surface area contributed by atoms with Gasteiger partial charge in [0.25, 0.3) is 0 Å². The van der Waals surface area contributed by atoms with E-state index in [2.05, 4.69) is 31.4 Å². The fraction of sp³-hybridized carbons (Fsp3) is 0.182. The fourth-order valence-electron chi connectivity index (χ4n) is 1.29. The normalized spacial score (nSPS) is 10.4. The number of carboxylic acid groups (broad SMARTS) is 1. The molecule has 0 atom stereocenters. The fourth-order valence-corrected chi connectivity index (χ4v) is 3.03. The first-order valence-corrected chi connectivity index (χ1v) is 7.85. The molecule has 2 aromatic rings. The highest BCUT2D eigenvalue weighted by Crippen LogP contribution is 2.28. The Kier molecular flexibility index (Phi) is 4.78. The van der Waals surface area contributed by atoms with Crippen molar-refractivity contribution in [1.29, 1.82) is 0 Å². The highest BCUT2D eigenvalue weighted by Gasteiger charge is 2.07. The lowest BCUT2D eigenvalue weighted by atomic mass is 10.2. The molecule has 2 rings (SSSR count). The summed E-state index contributed by atoms with van der Waals surface area (Å²) in [6.07, 6.45) is 0. The number of nitrogens with zero attached hydrogens (tertiary/aromatic N) is 2. The van der Waals surface area contributed by atoms with Gasteiger partial charge in [0.15, 0.2) is 4.34 Å². The third-order valence-electron chi connectivity index (χ3n) is 2.13. The van der Waals surface area contributed by atoms with Crippen LogP contribution in [0.4, 0.5) is 10.8 Å². The van der Waals surface area contributed by atoms with Gasteiger partial charge in [-0.2, -0.15) is 0 Å². The molecule has 1 aromatic carbocycles. The largest absolute Gasteiger partial charge is 0.481 e. The predicted octanol–water partition coefficient (Wildman–Crippen LogP) is 3.53. The standard InChI is InChI=1S/C11H10BrN3O2S2/c1-6-4-7(2-3-8(6)12)13-10-14-15-11(19-10)18-5-9(16)17/h2-4H,5H2,1H3,(H,13,14)(H,16,17). The number of anilines is 2. The molecular formula is C11H10BrN3O2S2. The van der Waals surface area contributed by atoms with Crippen LogP contribution in [0.2, 0.25) is 0 Å². The predicted molar refractivity (Wildman–Crippen MR) is 80.4 cm³/mol. The first-order valence-electron chi connectivity index (χ1n) is 5.26. The second-order valence-corrected chi connectivity index (χ2v) is 6.70. The number of nitrogens with one attached hydrogen (secondary N) is 1. The summed E-state index contributed by atoms with van der Waals surface area (Å²) in [6, 6.07) is 5.89. The Morgan fingerprint density at radius 1 is 1.53 bits per heavy atom. The summed E-state index contributed by atoms with van der Waals surface area (Å²) in [4.78, 5) is 10.5. The average molecular weight is 360 g/mol. The molecular weight excluding hydrogens is 350 g/mol. The van der Waals surface area contributed by atoms with E-state index >= 15 is 0 Å². The molecule has 0 unspecified atom stereocenters. The maximum absolute atomic E-state index is 10.5. The third-order valence-corrected chi connectivity index (χ3v) is 4.98. The summed E-state index contributed by atoms with van der Waals surface area (Å²) in [5.41, 5.74) is 2.04. The number of aliphatic carboxylic acids is 1. The Labute approximate surface area is 126 Å². The first kappa shape index (κ1) is 14.3. The molecule has 0 radical (unpaired) electrons. The van der Waals surface area contributed by atoms with Gasteiger partial charge in [-0.3, -0.25) is 4.79 Å². The zero-order chi connectivity index (χ0) is 13.8. The van der Waals surface area contributed by atoms with E-state index in [1.165, 1.54) is 11.3 Å². The Morgan fingerprint density at radius 3 is 3.00 bits per heavy atom. The van der Waals surface area contributed by atoms with Gasteiger partial charge >= 0.3 is 5.97 Å². The maximum atomic E-state index is 10.5. The molecule has 8 heteroatoms. The van der Waals surface area contributed by atoms with Gasteiger partial charge < -0.3 is 10.4 Å². The Balaban J connectivity index is 2.02. The molecule has 0 aliphatic carbocycles. The Morgan fingerprint density at radius 2 is 2.32 bits per heavy atom. The minimum absolute atomic E-state index is 0.00791. The van der Waals surface area contributed by atoms with Crippen LogP contribution >= 0.6 is 39.0 Å². The van der Waals surface area contributed by atoms with E-state index < -0.39 is 5.97 Å². The second kappa shape index (κ2) is 6.36. The molecule has 2 N–H and O–H groups in total. The zero-order valence-electron chi connectivity index (χ0n) is 9.88. The van der Waals surface area contributed by atoms with Crippen molar-refractivity contribution >= 4 is 55.8 Å². The number of aryl methyl sites for hydroxylation is 1. The van der Waals surface area contributed by atoms with Gasteiger partial charge in [0.1, 0.15) is 0 Å².